The van der Waals surface area contributed by atoms with Gasteiger partial charge in [-0.3, -0.25) is 9.10 Å². The molecule has 1 unspecified atom stereocenters. The highest BCUT2D eigenvalue weighted by molar-refractivity contribution is 7.92. The van der Waals surface area contributed by atoms with Gasteiger partial charge >= 0.3 is 0 Å². The van der Waals surface area contributed by atoms with E-state index in [9.17, 15) is 13.2 Å². The van der Waals surface area contributed by atoms with Crippen molar-refractivity contribution in [3.63, 3.8) is 0 Å². The number of para-hydroxylation sites is 1. The van der Waals surface area contributed by atoms with Crippen LogP contribution in [0.2, 0.25) is 0 Å². The molecule has 0 heterocycles. The standard InChI is InChI=1S/C26H30N2O5S/c1-19-10-13-25(18-20(19)2)32-17-16-27-26(29)21(3)28(34(4,30)31)22-11-14-24(15-12-22)33-23-8-6-5-7-9-23/h5-15,18,21H,16-17H2,1-4H3,(H,27,29). The van der Waals surface area contributed by atoms with E-state index in [4.69, 9.17) is 9.47 Å². The van der Waals surface area contributed by atoms with E-state index in [0.29, 0.717) is 17.2 Å². The van der Waals surface area contributed by atoms with E-state index < -0.39 is 22.0 Å². The van der Waals surface area contributed by atoms with Gasteiger partial charge in [-0.1, -0.05) is 24.3 Å². The Balaban J connectivity index is 1.61. The van der Waals surface area contributed by atoms with Gasteiger partial charge in [-0.15, -0.1) is 0 Å². The Hall–Kier alpha value is -3.52. The SMILES string of the molecule is Cc1ccc(OCCNC(=O)C(C)N(c2ccc(Oc3ccccc3)cc2)S(C)(=O)=O)cc1C. The molecular weight excluding hydrogens is 452 g/mol. The van der Waals surface area contributed by atoms with Crippen LogP contribution in [0.15, 0.2) is 72.8 Å². The highest BCUT2D eigenvalue weighted by Crippen LogP contribution is 2.27. The predicted octanol–water partition coefficient (Wildman–Crippen LogP) is 4.45. The summed E-state index contributed by atoms with van der Waals surface area (Å²) < 4.78 is 37.6. The van der Waals surface area contributed by atoms with Crippen molar-refractivity contribution in [2.75, 3.05) is 23.7 Å². The molecule has 0 aliphatic rings. The van der Waals surface area contributed by atoms with Gasteiger partial charge in [-0.05, 0) is 80.4 Å². The van der Waals surface area contributed by atoms with Crippen LogP contribution in [0, 0.1) is 13.8 Å². The zero-order valence-electron chi connectivity index (χ0n) is 19.8. The van der Waals surface area contributed by atoms with E-state index in [-0.39, 0.29) is 13.2 Å². The maximum Gasteiger partial charge on any atom is 0.243 e. The van der Waals surface area contributed by atoms with Gasteiger partial charge in [0.25, 0.3) is 0 Å². The molecule has 1 N–H and O–H groups in total. The molecule has 0 fully saturated rings. The van der Waals surface area contributed by atoms with E-state index in [0.717, 1.165) is 21.9 Å². The number of nitrogens with one attached hydrogen (secondary N) is 1. The number of benzene rings is 3. The van der Waals surface area contributed by atoms with Crippen molar-refractivity contribution in [1.82, 2.24) is 5.32 Å². The largest absolute Gasteiger partial charge is 0.492 e. The van der Waals surface area contributed by atoms with E-state index in [1.54, 1.807) is 31.2 Å². The first-order chi connectivity index (χ1) is 16.1. The van der Waals surface area contributed by atoms with Gasteiger partial charge < -0.3 is 14.8 Å². The fourth-order valence-corrected chi connectivity index (χ4v) is 4.56. The van der Waals surface area contributed by atoms with Crippen molar-refractivity contribution in [3.8, 4) is 17.2 Å². The first kappa shape index (κ1) is 25.1. The van der Waals surface area contributed by atoms with Crippen molar-refractivity contribution in [2.24, 2.45) is 0 Å². The predicted molar refractivity (Wildman–Crippen MR) is 134 cm³/mol. The first-order valence-electron chi connectivity index (χ1n) is 11.0. The molecule has 0 bridgehead atoms. The Kier molecular flexibility index (Phi) is 8.17. The van der Waals surface area contributed by atoms with Crippen LogP contribution in [0.1, 0.15) is 18.1 Å². The van der Waals surface area contributed by atoms with E-state index >= 15 is 0 Å². The molecule has 0 aliphatic heterocycles. The lowest BCUT2D eigenvalue weighted by molar-refractivity contribution is -0.121. The molecule has 0 saturated carbocycles. The van der Waals surface area contributed by atoms with Crippen LogP contribution in [-0.4, -0.2) is 39.8 Å². The van der Waals surface area contributed by atoms with Crippen molar-refractivity contribution in [2.45, 2.75) is 26.8 Å². The smallest absolute Gasteiger partial charge is 0.243 e. The third kappa shape index (κ3) is 6.74. The van der Waals surface area contributed by atoms with Crippen LogP contribution in [-0.2, 0) is 14.8 Å². The Bertz CT molecular complexity index is 1210. The van der Waals surface area contributed by atoms with Crippen molar-refractivity contribution in [1.29, 1.82) is 0 Å². The summed E-state index contributed by atoms with van der Waals surface area (Å²) in [6.45, 7) is 6.10. The lowest BCUT2D eigenvalue weighted by atomic mass is 10.1. The molecule has 3 aromatic rings. The number of anilines is 1. The molecule has 34 heavy (non-hydrogen) atoms. The van der Waals surface area contributed by atoms with E-state index in [1.807, 2.05) is 62.4 Å². The topological polar surface area (TPSA) is 84.9 Å². The fourth-order valence-electron chi connectivity index (χ4n) is 3.39. The highest BCUT2D eigenvalue weighted by atomic mass is 32.2. The summed E-state index contributed by atoms with van der Waals surface area (Å²) in [4.78, 5) is 12.7. The summed E-state index contributed by atoms with van der Waals surface area (Å²) in [5, 5.41) is 2.75. The molecule has 0 radical (unpaired) electrons. The lowest BCUT2D eigenvalue weighted by Crippen LogP contribution is -2.48. The van der Waals surface area contributed by atoms with Crippen LogP contribution in [0.3, 0.4) is 0 Å². The maximum atomic E-state index is 12.7. The molecule has 180 valence electrons. The molecular formula is C26H30N2O5S. The average molecular weight is 483 g/mol. The number of nitrogens with zero attached hydrogens (tertiary/aromatic N) is 1. The Labute approximate surface area is 201 Å². The van der Waals surface area contributed by atoms with Gasteiger partial charge in [0.1, 0.15) is 29.9 Å². The molecule has 1 amide bonds. The second-order valence-corrected chi connectivity index (χ2v) is 9.89. The number of aryl methyl sites for hydroxylation is 2. The average Bonchev–Trinajstić information content (AvgIpc) is 2.80. The monoisotopic (exact) mass is 482 g/mol. The number of carbonyl (C=O) groups is 1. The molecule has 1 atom stereocenters. The van der Waals surface area contributed by atoms with Gasteiger partial charge in [0.15, 0.2) is 0 Å². The number of amides is 1. The molecule has 0 aromatic heterocycles. The van der Waals surface area contributed by atoms with E-state index in [2.05, 4.69) is 5.32 Å². The Morgan fingerprint density at radius 1 is 0.912 bits per heavy atom. The van der Waals surface area contributed by atoms with Crippen LogP contribution in [0.5, 0.6) is 17.2 Å². The zero-order chi connectivity index (χ0) is 24.7. The minimum Gasteiger partial charge on any atom is -0.492 e. The quantitative estimate of drug-likeness (QED) is 0.432. The number of sulfonamides is 1. The molecule has 3 aromatic carbocycles. The molecule has 0 spiro atoms. The third-order valence-corrected chi connectivity index (χ3v) is 6.55. The summed E-state index contributed by atoms with van der Waals surface area (Å²) in [5.41, 5.74) is 2.67. The second-order valence-electron chi connectivity index (χ2n) is 8.03. The van der Waals surface area contributed by atoms with Crippen molar-refractivity contribution in [3.05, 3.63) is 83.9 Å². The fraction of sp³-hybridized carbons (Fsp3) is 0.269. The van der Waals surface area contributed by atoms with E-state index in [1.165, 1.54) is 5.56 Å². The molecule has 0 saturated heterocycles. The van der Waals surface area contributed by atoms with Crippen LogP contribution in [0.25, 0.3) is 0 Å². The number of rotatable bonds is 10. The minimum absolute atomic E-state index is 0.248. The van der Waals surface area contributed by atoms with Gasteiger partial charge in [0.2, 0.25) is 15.9 Å². The molecule has 3 rings (SSSR count). The second kappa shape index (κ2) is 11.1. The first-order valence-corrected chi connectivity index (χ1v) is 12.8. The van der Waals surface area contributed by atoms with Gasteiger partial charge in [-0.2, -0.15) is 0 Å². The molecule has 8 heteroatoms. The number of carbonyl (C=O) groups excluding carboxylic acids is 1. The summed E-state index contributed by atoms with van der Waals surface area (Å²) in [5.74, 6) is 1.54. The van der Waals surface area contributed by atoms with Crippen LogP contribution in [0.4, 0.5) is 5.69 Å². The van der Waals surface area contributed by atoms with Gasteiger partial charge in [0, 0.05) is 0 Å². The summed E-state index contributed by atoms with van der Waals surface area (Å²) >= 11 is 0. The minimum atomic E-state index is -3.72. The number of hydrogen-bond donors (Lipinski definition) is 1. The summed E-state index contributed by atoms with van der Waals surface area (Å²) in [7, 11) is -3.72. The van der Waals surface area contributed by atoms with Gasteiger partial charge in [-0.25, -0.2) is 8.42 Å². The normalized spacial score (nSPS) is 12.0. The molecule has 7 nitrogen and oxygen atoms in total. The Morgan fingerprint density at radius 2 is 1.53 bits per heavy atom. The number of ether oxygens (including phenoxy) is 2. The lowest BCUT2D eigenvalue weighted by Gasteiger charge is -2.28. The summed E-state index contributed by atoms with van der Waals surface area (Å²) in [6.07, 6.45) is 1.08. The van der Waals surface area contributed by atoms with Crippen molar-refractivity contribution < 1.29 is 22.7 Å². The van der Waals surface area contributed by atoms with Crippen LogP contribution < -0.4 is 19.1 Å². The summed E-state index contributed by atoms with van der Waals surface area (Å²) in [6, 6.07) is 20.7. The Morgan fingerprint density at radius 3 is 2.15 bits per heavy atom. The molecule has 0 aliphatic carbocycles. The highest BCUT2D eigenvalue weighted by Gasteiger charge is 2.29. The third-order valence-electron chi connectivity index (χ3n) is 5.31. The maximum absolute atomic E-state index is 12.7. The van der Waals surface area contributed by atoms with Gasteiger partial charge in [0.05, 0.1) is 18.5 Å². The number of hydrogen-bond acceptors (Lipinski definition) is 5. The van der Waals surface area contributed by atoms with Crippen molar-refractivity contribution >= 4 is 21.6 Å². The zero-order valence-corrected chi connectivity index (χ0v) is 20.6. The van der Waals surface area contributed by atoms with Crippen LogP contribution >= 0.6 is 0 Å².